The standard InChI is InChI=1S/C22H19ClN2O2/c1-14-10-15(2)12-16(11-14)21(26)24-17-6-5-7-18(13-17)25-22(27)19-8-3-4-9-20(19)23/h3-13H,1-2H3,(H,24,26)(H,25,27). The van der Waals surface area contributed by atoms with Crippen molar-refractivity contribution >= 4 is 34.8 Å². The lowest BCUT2D eigenvalue weighted by Gasteiger charge is -2.10. The molecule has 5 heteroatoms. The summed E-state index contributed by atoms with van der Waals surface area (Å²) in [7, 11) is 0. The number of carbonyl (C=O) groups is 2. The van der Waals surface area contributed by atoms with Gasteiger partial charge in [-0.25, -0.2) is 0 Å². The largest absolute Gasteiger partial charge is 0.322 e. The van der Waals surface area contributed by atoms with Crippen LogP contribution >= 0.6 is 11.6 Å². The van der Waals surface area contributed by atoms with Crippen LogP contribution in [0.25, 0.3) is 0 Å². The van der Waals surface area contributed by atoms with E-state index >= 15 is 0 Å². The average Bonchev–Trinajstić information content (AvgIpc) is 2.61. The monoisotopic (exact) mass is 378 g/mol. The van der Waals surface area contributed by atoms with E-state index in [1.807, 2.05) is 32.0 Å². The Morgan fingerprint density at radius 1 is 0.741 bits per heavy atom. The fourth-order valence-corrected chi connectivity index (χ4v) is 3.05. The molecule has 27 heavy (non-hydrogen) atoms. The van der Waals surface area contributed by atoms with Crippen molar-refractivity contribution in [2.24, 2.45) is 0 Å². The van der Waals surface area contributed by atoms with Gasteiger partial charge in [0.05, 0.1) is 10.6 Å². The number of rotatable bonds is 4. The van der Waals surface area contributed by atoms with Gasteiger partial charge >= 0.3 is 0 Å². The van der Waals surface area contributed by atoms with Gasteiger partial charge in [-0.2, -0.15) is 0 Å². The van der Waals surface area contributed by atoms with Crippen LogP contribution in [0.3, 0.4) is 0 Å². The number of hydrogen-bond donors (Lipinski definition) is 2. The molecule has 0 spiro atoms. The second kappa shape index (κ2) is 8.06. The number of halogens is 1. The molecule has 0 radical (unpaired) electrons. The number of nitrogens with one attached hydrogen (secondary N) is 2. The molecule has 2 N–H and O–H groups in total. The highest BCUT2D eigenvalue weighted by atomic mass is 35.5. The van der Waals surface area contributed by atoms with Crippen LogP contribution in [-0.4, -0.2) is 11.8 Å². The highest BCUT2D eigenvalue weighted by Crippen LogP contribution is 2.20. The number of anilines is 2. The second-order valence-electron chi connectivity index (χ2n) is 6.35. The molecule has 4 nitrogen and oxygen atoms in total. The van der Waals surface area contributed by atoms with E-state index in [9.17, 15) is 9.59 Å². The molecular weight excluding hydrogens is 360 g/mol. The first-order valence-corrected chi connectivity index (χ1v) is 8.86. The van der Waals surface area contributed by atoms with E-state index in [0.29, 0.717) is 27.5 Å². The van der Waals surface area contributed by atoms with Crippen molar-refractivity contribution < 1.29 is 9.59 Å². The van der Waals surface area contributed by atoms with Gasteiger partial charge < -0.3 is 10.6 Å². The zero-order valence-electron chi connectivity index (χ0n) is 15.0. The Balaban J connectivity index is 1.74. The van der Waals surface area contributed by atoms with E-state index in [-0.39, 0.29) is 11.8 Å². The van der Waals surface area contributed by atoms with Crippen LogP contribution in [0, 0.1) is 13.8 Å². The first-order valence-electron chi connectivity index (χ1n) is 8.48. The average molecular weight is 379 g/mol. The van der Waals surface area contributed by atoms with Gasteiger partial charge in [-0.1, -0.05) is 47.0 Å². The molecule has 0 aliphatic carbocycles. The molecule has 0 bridgehead atoms. The molecule has 136 valence electrons. The van der Waals surface area contributed by atoms with Crippen molar-refractivity contribution in [2.45, 2.75) is 13.8 Å². The van der Waals surface area contributed by atoms with Crippen LogP contribution in [0.1, 0.15) is 31.8 Å². The summed E-state index contributed by atoms with van der Waals surface area (Å²) < 4.78 is 0. The first-order chi connectivity index (χ1) is 12.9. The van der Waals surface area contributed by atoms with E-state index < -0.39 is 0 Å². The van der Waals surface area contributed by atoms with E-state index in [4.69, 9.17) is 11.6 Å². The Morgan fingerprint density at radius 2 is 1.33 bits per heavy atom. The lowest BCUT2D eigenvalue weighted by molar-refractivity contribution is 0.101. The highest BCUT2D eigenvalue weighted by molar-refractivity contribution is 6.34. The summed E-state index contributed by atoms with van der Waals surface area (Å²) >= 11 is 6.06. The zero-order chi connectivity index (χ0) is 19.4. The molecule has 2 amide bonds. The molecule has 0 aliphatic rings. The van der Waals surface area contributed by atoms with E-state index in [1.54, 1.807) is 48.5 Å². The topological polar surface area (TPSA) is 58.2 Å². The van der Waals surface area contributed by atoms with Gasteiger partial charge in [0.2, 0.25) is 0 Å². The van der Waals surface area contributed by atoms with Crippen LogP contribution in [0.2, 0.25) is 5.02 Å². The van der Waals surface area contributed by atoms with Crippen molar-refractivity contribution in [1.82, 2.24) is 0 Å². The molecule has 0 atom stereocenters. The van der Waals surface area contributed by atoms with Gasteiger partial charge in [-0.15, -0.1) is 0 Å². The Bertz CT molecular complexity index is 994. The lowest BCUT2D eigenvalue weighted by atomic mass is 10.1. The number of aryl methyl sites for hydroxylation is 2. The van der Waals surface area contributed by atoms with Gasteiger partial charge in [-0.3, -0.25) is 9.59 Å². The zero-order valence-corrected chi connectivity index (χ0v) is 15.8. The summed E-state index contributed by atoms with van der Waals surface area (Å²) in [4.78, 5) is 24.9. The number of amides is 2. The van der Waals surface area contributed by atoms with E-state index in [2.05, 4.69) is 10.6 Å². The van der Waals surface area contributed by atoms with Gasteiger partial charge in [0.15, 0.2) is 0 Å². The minimum atomic E-state index is -0.307. The molecule has 0 saturated heterocycles. The highest BCUT2D eigenvalue weighted by Gasteiger charge is 2.11. The van der Waals surface area contributed by atoms with Crippen LogP contribution in [-0.2, 0) is 0 Å². The van der Waals surface area contributed by atoms with E-state index in [1.165, 1.54) is 0 Å². The predicted octanol–water partition coefficient (Wildman–Crippen LogP) is 5.46. The summed E-state index contributed by atoms with van der Waals surface area (Å²) in [5.74, 6) is -0.505. The Morgan fingerprint density at radius 3 is 1.96 bits per heavy atom. The number of carbonyl (C=O) groups excluding carboxylic acids is 2. The lowest BCUT2D eigenvalue weighted by Crippen LogP contribution is -2.14. The first kappa shape index (κ1) is 18.7. The molecule has 0 aliphatic heterocycles. The number of benzene rings is 3. The summed E-state index contributed by atoms with van der Waals surface area (Å²) in [6.45, 7) is 3.91. The van der Waals surface area contributed by atoms with Crippen LogP contribution in [0.4, 0.5) is 11.4 Å². The Hall–Kier alpha value is -3.11. The summed E-state index contributed by atoms with van der Waals surface area (Å²) in [5.41, 5.74) is 4.21. The van der Waals surface area contributed by atoms with Gasteiger partial charge in [0, 0.05) is 16.9 Å². The van der Waals surface area contributed by atoms with Crippen LogP contribution in [0.15, 0.2) is 66.7 Å². The molecule has 0 aromatic heterocycles. The molecule has 0 unspecified atom stereocenters. The fourth-order valence-electron chi connectivity index (χ4n) is 2.83. The third-order valence-corrected chi connectivity index (χ3v) is 4.31. The quantitative estimate of drug-likeness (QED) is 0.633. The maximum atomic E-state index is 12.5. The Kier molecular flexibility index (Phi) is 5.57. The van der Waals surface area contributed by atoms with Crippen LogP contribution in [0.5, 0.6) is 0 Å². The van der Waals surface area contributed by atoms with Gasteiger partial charge in [0.25, 0.3) is 11.8 Å². The molecule has 0 fully saturated rings. The molecular formula is C22H19ClN2O2. The van der Waals surface area contributed by atoms with Crippen molar-refractivity contribution in [1.29, 1.82) is 0 Å². The maximum Gasteiger partial charge on any atom is 0.257 e. The van der Waals surface area contributed by atoms with Gasteiger partial charge in [0.1, 0.15) is 0 Å². The summed E-state index contributed by atoms with van der Waals surface area (Å²) in [6.07, 6.45) is 0. The SMILES string of the molecule is Cc1cc(C)cc(C(=O)Nc2cccc(NC(=O)c3ccccc3Cl)c2)c1. The molecule has 0 saturated carbocycles. The van der Waals surface area contributed by atoms with Crippen LogP contribution < -0.4 is 10.6 Å². The molecule has 0 heterocycles. The second-order valence-corrected chi connectivity index (χ2v) is 6.75. The minimum absolute atomic E-state index is 0.198. The predicted molar refractivity (Wildman–Crippen MR) is 110 cm³/mol. The molecule has 3 aromatic carbocycles. The van der Waals surface area contributed by atoms with Crippen molar-refractivity contribution in [3.05, 3.63) is 94.0 Å². The fraction of sp³-hybridized carbons (Fsp3) is 0.0909. The van der Waals surface area contributed by atoms with E-state index in [0.717, 1.165) is 11.1 Å². The normalized spacial score (nSPS) is 10.3. The summed E-state index contributed by atoms with van der Waals surface area (Å²) in [6, 6.07) is 19.5. The maximum absolute atomic E-state index is 12.5. The summed E-state index contributed by atoms with van der Waals surface area (Å²) in [5, 5.41) is 6.04. The Labute approximate surface area is 163 Å². The molecule has 3 aromatic rings. The third-order valence-electron chi connectivity index (χ3n) is 3.98. The number of hydrogen-bond acceptors (Lipinski definition) is 2. The molecule has 3 rings (SSSR count). The smallest absolute Gasteiger partial charge is 0.257 e. The van der Waals surface area contributed by atoms with Crippen molar-refractivity contribution in [2.75, 3.05) is 10.6 Å². The third kappa shape index (κ3) is 4.74. The van der Waals surface area contributed by atoms with Crippen molar-refractivity contribution in [3.8, 4) is 0 Å². The van der Waals surface area contributed by atoms with Crippen molar-refractivity contribution in [3.63, 3.8) is 0 Å². The van der Waals surface area contributed by atoms with Gasteiger partial charge in [-0.05, 0) is 56.3 Å². The minimum Gasteiger partial charge on any atom is -0.322 e.